The van der Waals surface area contributed by atoms with Crippen LogP contribution in [0, 0.1) is 0 Å². The quantitative estimate of drug-likeness (QED) is 0.548. The van der Waals surface area contributed by atoms with E-state index in [1.54, 1.807) is 30.3 Å². The summed E-state index contributed by atoms with van der Waals surface area (Å²) in [5.74, 6) is -1.50. The molecule has 8 nitrogen and oxygen atoms in total. The van der Waals surface area contributed by atoms with Gasteiger partial charge in [-0.3, -0.25) is 0 Å². The Bertz CT molecular complexity index is 588. The van der Waals surface area contributed by atoms with Crippen molar-refractivity contribution in [3.8, 4) is 0 Å². The van der Waals surface area contributed by atoms with Gasteiger partial charge in [0.1, 0.15) is 0 Å². The number of carbonyl (C=O) groups is 2. The maximum atomic E-state index is 11.6. The van der Waals surface area contributed by atoms with E-state index >= 15 is 0 Å². The van der Waals surface area contributed by atoms with Crippen LogP contribution in [0.3, 0.4) is 0 Å². The standard InChI is InChI=1S/C12H17N3O5S/c1-13-21(19,20)8-7-14-12(18)15-10(11(16)17)9-5-3-2-4-6-9/h2-6,10,13H,7-8H2,1H3,(H,16,17)(H2,14,15,18)/t10-/m0/s1. The van der Waals surface area contributed by atoms with Gasteiger partial charge in [0.05, 0.1) is 5.75 Å². The minimum absolute atomic E-state index is 0.129. The molecule has 0 aromatic heterocycles. The minimum Gasteiger partial charge on any atom is -0.479 e. The number of urea groups is 1. The van der Waals surface area contributed by atoms with E-state index in [1.165, 1.54) is 7.05 Å². The van der Waals surface area contributed by atoms with Crippen LogP contribution in [0.15, 0.2) is 30.3 Å². The number of rotatable bonds is 7. The van der Waals surface area contributed by atoms with Gasteiger partial charge in [-0.05, 0) is 12.6 Å². The highest BCUT2D eigenvalue weighted by atomic mass is 32.2. The number of carbonyl (C=O) groups excluding carboxylic acids is 1. The fourth-order valence-corrected chi connectivity index (χ4v) is 2.09. The van der Waals surface area contributed by atoms with Crippen LogP contribution in [0.2, 0.25) is 0 Å². The predicted octanol–water partition coefficient (Wildman–Crippen LogP) is -0.339. The molecule has 1 aromatic carbocycles. The van der Waals surface area contributed by atoms with Crippen LogP contribution < -0.4 is 15.4 Å². The maximum Gasteiger partial charge on any atom is 0.330 e. The molecule has 0 spiro atoms. The van der Waals surface area contributed by atoms with E-state index in [9.17, 15) is 18.0 Å². The number of sulfonamides is 1. The zero-order valence-electron chi connectivity index (χ0n) is 11.4. The number of hydrogen-bond donors (Lipinski definition) is 4. The number of hydrogen-bond acceptors (Lipinski definition) is 4. The molecule has 0 aliphatic rings. The van der Waals surface area contributed by atoms with Crippen molar-refractivity contribution >= 4 is 22.0 Å². The topological polar surface area (TPSA) is 125 Å². The molecule has 0 aliphatic carbocycles. The Kier molecular flexibility index (Phi) is 6.12. The van der Waals surface area contributed by atoms with Gasteiger partial charge in [-0.2, -0.15) is 0 Å². The molecule has 0 fully saturated rings. The van der Waals surface area contributed by atoms with Gasteiger partial charge in [-0.25, -0.2) is 22.7 Å². The molecule has 9 heteroatoms. The van der Waals surface area contributed by atoms with Crippen molar-refractivity contribution in [3.05, 3.63) is 35.9 Å². The normalized spacial score (nSPS) is 12.4. The van der Waals surface area contributed by atoms with Gasteiger partial charge in [0, 0.05) is 6.54 Å². The van der Waals surface area contributed by atoms with Crippen LogP contribution in [-0.2, 0) is 14.8 Å². The molecule has 0 radical (unpaired) electrons. The molecule has 0 bridgehead atoms. The summed E-state index contributed by atoms with van der Waals surface area (Å²) in [4.78, 5) is 22.8. The monoisotopic (exact) mass is 315 g/mol. The first-order valence-corrected chi connectivity index (χ1v) is 7.74. The van der Waals surface area contributed by atoms with E-state index in [-0.39, 0.29) is 12.3 Å². The largest absolute Gasteiger partial charge is 0.479 e. The Balaban J connectivity index is 2.57. The number of benzene rings is 1. The second-order valence-electron chi connectivity index (χ2n) is 4.11. The summed E-state index contributed by atoms with van der Waals surface area (Å²) in [6.45, 7) is -0.129. The average molecular weight is 315 g/mol. The summed E-state index contributed by atoms with van der Waals surface area (Å²) in [6, 6.07) is 6.24. The molecule has 0 heterocycles. The first-order valence-electron chi connectivity index (χ1n) is 6.09. The smallest absolute Gasteiger partial charge is 0.330 e. The van der Waals surface area contributed by atoms with Crippen LogP contribution in [0.25, 0.3) is 0 Å². The molecule has 1 rings (SSSR count). The zero-order chi connectivity index (χ0) is 15.9. The lowest BCUT2D eigenvalue weighted by Crippen LogP contribution is -2.43. The predicted molar refractivity (Wildman–Crippen MR) is 76.2 cm³/mol. The number of nitrogens with one attached hydrogen (secondary N) is 3. The summed E-state index contributed by atoms with van der Waals surface area (Å²) in [5.41, 5.74) is 0.419. The second-order valence-corrected chi connectivity index (χ2v) is 6.15. The molecule has 0 unspecified atom stereocenters. The third kappa shape index (κ3) is 5.79. The van der Waals surface area contributed by atoms with E-state index in [1.807, 2.05) is 0 Å². The fourth-order valence-electron chi connectivity index (χ4n) is 1.52. The van der Waals surface area contributed by atoms with Crippen molar-refractivity contribution in [2.45, 2.75) is 6.04 Å². The third-order valence-electron chi connectivity index (χ3n) is 2.62. The molecule has 1 aromatic rings. The van der Waals surface area contributed by atoms with E-state index in [0.29, 0.717) is 5.56 Å². The summed E-state index contributed by atoms with van der Waals surface area (Å²) in [6.07, 6.45) is 0. The van der Waals surface area contributed by atoms with Crippen LogP contribution in [-0.4, -0.2) is 44.9 Å². The Morgan fingerprint density at radius 1 is 1.24 bits per heavy atom. The molecule has 0 saturated carbocycles. The van der Waals surface area contributed by atoms with Gasteiger partial charge in [0.15, 0.2) is 6.04 Å². The number of aliphatic carboxylic acids is 1. The maximum absolute atomic E-state index is 11.6. The van der Waals surface area contributed by atoms with Crippen LogP contribution in [0.4, 0.5) is 4.79 Å². The van der Waals surface area contributed by atoms with Crippen LogP contribution in [0.1, 0.15) is 11.6 Å². The van der Waals surface area contributed by atoms with Crippen molar-refractivity contribution in [3.63, 3.8) is 0 Å². The van der Waals surface area contributed by atoms with Gasteiger partial charge in [-0.15, -0.1) is 0 Å². The molecular weight excluding hydrogens is 298 g/mol. The highest BCUT2D eigenvalue weighted by molar-refractivity contribution is 7.89. The van der Waals surface area contributed by atoms with Crippen molar-refractivity contribution in [2.75, 3.05) is 19.3 Å². The lowest BCUT2D eigenvalue weighted by Gasteiger charge is -2.15. The highest BCUT2D eigenvalue weighted by Gasteiger charge is 2.21. The lowest BCUT2D eigenvalue weighted by molar-refractivity contribution is -0.139. The van der Waals surface area contributed by atoms with Gasteiger partial charge >= 0.3 is 12.0 Å². The third-order valence-corrected chi connectivity index (χ3v) is 3.99. The second kappa shape index (κ2) is 7.60. The van der Waals surface area contributed by atoms with Gasteiger partial charge in [0.25, 0.3) is 0 Å². The fraction of sp³-hybridized carbons (Fsp3) is 0.333. The van der Waals surface area contributed by atoms with Crippen molar-refractivity contribution in [2.24, 2.45) is 0 Å². The van der Waals surface area contributed by atoms with E-state index in [0.717, 1.165) is 0 Å². The van der Waals surface area contributed by atoms with Crippen molar-refractivity contribution in [1.82, 2.24) is 15.4 Å². The molecule has 0 saturated heterocycles. The summed E-state index contributed by atoms with van der Waals surface area (Å²) >= 11 is 0. The molecule has 21 heavy (non-hydrogen) atoms. The van der Waals surface area contributed by atoms with Gasteiger partial charge < -0.3 is 15.7 Å². The first-order chi connectivity index (χ1) is 9.85. The molecular formula is C12H17N3O5S. The van der Waals surface area contributed by atoms with E-state index in [2.05, 4.69) is 15.4 Å². The van der Waals surface area contributed by atoms with Crippen LogP contribution in [0.5, 0.6) is 0 Å². The molecule has 4 N–H and O–H groups in total. The van der Waals surface area contributed by atoms with Crippen LogP contribution >= 0.6 is 0 Å². The highest BCUT2D eigenvalue weighted by Crippen LogP contribution is 2.12. The minimum atomic E-state index is -3.42. The van der Waals surface area contributed by atoms with Gasteiger partial charge in [0.2, 0.25) is 10.0 Å². The molecule has 1 atom stereocenters. The van der Waals surface area contributed by atoms with E-state index < -0.39 is 28.1 Å². The number of amides is 2. The summed E-state index contributed by atoms with van der Waals surface area (Å²) in [7, 11) is -2.15. The number of carboxylic acid groups (broad SMARTS) is 1. The zero-order valence-corrected chi connectivity index (χ0v) is 12.2. The SMILES string of the molecule is CNS(=O)(=O)CCNC(=O)N[C@H](C(=O)O)c1ccccc1. The Morgan fingerprint density at radius 3 is 2.38 bits per heavy atom. The lowest BCUT2D eigenvalue weighted by atomic mass is 10.1. The van der Waals surface area contributed by atoms with Gasteiger partial charge in [-0.1, -0.05) is 30.3 Å². The Labute approximate surface area is 122 Å². The first kappa shape index (κ1) is 16.9. The summed E-state index contributed by atoms with van der Waals surface area (Å²) < 4.78 is 24.4. The Morgan fingerprint density at radius 2 is 1.86 bits per heavy atom. The summed E-state index contributed by atoms with van der Waals surface area (Å²) in [5, 5.41) is 13.7. The van der Waals surface area contributed by atoms with Crippen molar-refractivity contribution in [1.29, 1.82) is 0 Å². The van der Waals surface area contributed by atoms with E-state index in [4.69, 9.17) is 5.11 Å². The number of carboxylic acids is 1. The molecule has 116 valence electrons. The van der Waals surface area contributed by atoms with Crippen molar-refractivity contribution < 1.29 is 23.1 Å². The molecule has 2 amide bonds. The average Bonchev–Trinajstić information content (AvgIpc) is 2.45. The Hall–Kier alpha value is -2.13. The molecule has 0 aliphatic heterocycles.